The van der Waals surface area contributed by atoms with Gasteiger partial charge < -0.3 is 14.8 Å². The molecule has 38 heavy (non-hydrogen) atoms. The zero-order chi connectivity index (χ0) is 27.9. The standard InChI is InChI=1S/C29H33NO7S/c1-6-23(30-29(2,3)4)26(37-38(5,33)34)22-17-18-24(35-27(31)20-13-9-7-10-14-20)25(19-22)36-28(32)21-15-11-8-12-16-21/h7-19,23,26,30H,6H2,1-5H3. The lowest BCUT2D eigenvalue weighted by Gasteiger charge is -2.33. The molecule has 0 bridgehead atoms. The zero-order valence-electron chi connectivity index (χ0n) is 22.1. The fourth-order valence-corrected chi connectivity index (χ4v) is 4.44. The summed E-state index contributed by atoms with van der Waals surface area (Å²) in [5, 5.41) is 3.40. The molecule has 8 nitrogen and oxygen atoms in total. The van der Waals surface area contributed by atoms with Gasteiger partial charge in [0, 0.05) is 11.6 Å². The molecule has 0 radical (unpaired) electrons. The summed E-state index contributed by atoms with van der Waals surface area (Å²) in [5.74, 6) is -1.35. The van der Waals surface area contributed by atoms with Crippen LogP contribution in [0.25, 0.3) is 0 Å². The minimum absolute atomic E-state index is 0.00168. The summed E-state index contributed by atoms with van der Waals surface area (Å²) in [5.41, 5.74) is 0.695. The Bertz CT molecular complexity index is 1350. The summed E-state index contributed by atoms with van der Waals surface area (Å²) >= 11 is 0. The number of hydrogen-bond acceptors (Lipinski definition) is 8. The SMILES string of the molecule is CCC(NC(C)(C)C)C(OS(C)(=O)=O)c1ccc(OC(=O)c2ccccc2)c(OC(=O)c2ccccc2)c1. The minimum atomic E-state index is -3.86. The van der Waals surface area contributed by atoms with Gasteiger partial charge >= 0.3 is 11.9 Å². The van der Waals surface area contributed by atoms with Gasteiger partial charge in [-0.3, -0.25) is 4.18 Å². The van der Waals surface area contributed by atoms with Crippen molar-refractivity contribution < 1.29 is 31.7 Å². The fourth-order valence-electron chi connectivity index (χ4n) is 3.82. The predicted octanol–water partition coefficient (Wildman–Crippen LogP) is 5.31. The molecule has 0 aliphatic heterocycles. The van der Waals surface area contributed by atoms with Crippen LogP contribution in [0.5, 0.6) is 11.5 Å². The van der Waals surface area contributed by atoms with Crippen molar-refractivity contribution in [2.75, 3.05) is 6.26 Å². The smallest absolute Gasteiger partial charge is 0.343 e. The molecule has 202 valence electrons. The number of carbonyl (C=O) groups excluding carboxylic acids is 2. The molecular weight excluding hydrogens is 506 g/mol. The lowest BCUT2D eigenvalue weighted by Crippen LogP contribution is -2.47. The van der Waals surface area contributed by atoms with Crippen LogP contribution in [0.1, 0.15) is 66.5 Å². The Kier molecular flexibility index (Phi) is 9.43. The maximum atomic E-state index is 12.9. The molecule has 2 atom stereocenters. The average molecular weight is 540 g/mol. The van der Waals surface area contributed by atoms with E-state index < -0.39 is 34.2 Å². The first-order valence-corrected chi connectivity index (χ1v) is 14.0. The zero-order valence-corrected chi connectivity index (χ0v) is 22.9. The van der Waals surface area contributed by atoms with E-state index in [1.807, 2.05) is 27.7 Å². The molecule has 1 N–H and O–H groups in total. The number of esters is 2. The van der Waals surface area contributed by atoms with Gasteiger partial charge in [0.15, 0.2) is 11.5 Å². The second kappa shape index (κ2) is 12.3. The fraction of sp³-hybridized carbons (Fsp3) is 0.310. The molecule has 0 aromatic heterocycles. The molecule has 0 fully saturated rings. The van der Waals surface area contributed by atoms with Crippen LogP contribution in [0.3, 0.4) is 0 Å². The quantitative estimate of drug-likeness (QED) is 0.210. The summed E-state index contributed by atoms with van der Waals surface area (Å²) in [6, 6.07) is 20.9. The van der Waals surface area contributed by atoms with Crippen LogP contribution in [0.2, 0.25) is 0 Å². The van der Waals surface area contributed by atoms with E-state index in [0.29, 0.717) is 23.1 Å². The van der Waals surface area contributed by atoms with Crippen molar-refractivity contribution in [3.63, 3.8) is 0 Å². The average Bonchev–Trinajstić information content (AvgIpc) is 2.87. The van der Waals surface area contributed by atoms with Crippen molar-refractivity contribution in [2.45, 2.75) is 51.8 Å². The first kappa shape index (κ1) is 29.0. The Morgan fingerprint density at radius 2 is 1.32 bits per heavy atom. The van der Waals surface area contributed by atoms with E-state index in [4.69, 9.17) is 13.7 Å². The van der Waals surface area contributed by atoms with E-state index >= 15 is 0 Å². The van der Waals surface area contributed by atoms with Crippen LogP contribution in [0.4, 0.5) is 0 Å². The van der Waals surface area contributed by atoms with Gasteiger partial charge in [-0.15, -0.1) is 0 Å². The predicted molar refractivity (Wildman–Crippen MR) is 145 cm³/mol. The largest absolute Gasteiger partial charge is 0.419 e. The van der Waals surface area contributed by atoms with E-state index in [9.17, 15) is 18.0 Å². The number of rotatable bonds is 10. The van der Waals surface area contributed by atoms with Gasteiger partial charge in [0.2, 0.25) is 0 Å². The molecule has 0 amide bonds. The Morgan fingerprint density at radius 1 is 0.816 bits per heavy atom. The van der Waals surface area contributed by atoms with Crippen LogP contribution >= 0.6 is 0 Å². The van der Waals surface area contributed by atoms with Crippen molar-refractivity contribution in [2.24, 2.45) is 0 Å². The molecule has 3 rings (SSSR count). The van der Waals surface area contributed by atoms with Crippen molar-refractivity contribution in [1.82, 2.24) is 5.32 Å². The Balaban J connectivity index is 2.06. The second-order valence-electron chi connectivity index (χ2n) is 9.85. The van der Waals surface area contributed by atoms with Crippen LogP contribution in [-0.4, -0.2) is 38.2 Å². The summed E-state index contributed by atoms with van der Waals surface area (Å²) in [6.07, 6.45) is 0.583. The lowest BCUT2D eigenvalue weighted by atomic mass is 9.96. The van der Waals surface area contributed by atoms with Crippen molar-refractivity contribution >= 4 is 22.1 Å². The highest BCUT2D eigenvalue weighted by Crippen LogP contribution is 2.35. The third kappa shape index (κ3) is 8.51. The third-order valence-electron chi connectivity index (χ3n) is 5.42. The molecule has 0 aliphatic rings. The molecule has 0 spiro atoms. The van der Waals surface area contributed by atoms with Gasteiger partial charge in [-0.25, -0.2) is 9.59 Å². The second-order valence-corrected chi connectivity index (χ2v) is 11.4. The number of benzene rings is 3. The summed E-state index contributed by atoms with van der Waals surface area (Å²) in [4.78, 5) is 25.7. The van der Waals surface area contributed by atoms with Gasteiger partial charge in [0.25, 0.3) is 10.1 Å². The molecular formula is C29H33NO7S. The van der Waals surface area contributed by atoms with Crippen LogP contribution in [0.15, 0.2) is 78.9 Å². The lowest BCUT2D eigenvalue weighted by molar-refractivity contribution is 0.0681. The van der Waals surface area contributed by atoms with Crippen molar-refractivity contribution in [3.05, 3.63) is 95.6 Å². The molecule has 2 unspecified atom stereocenters. The van der Waals surface area contributed by atoms with E-state index in [1.54, 1.807) is 66.7 Å². The topological polar surface area (TPSA) is 108 Å². The highest BCUT2D eigenvalue weighted by molar-refractivity contribution is 7.86. The summed E-state index contributed by atoms with van der Waals surface area (Å²) in [6.45, 7) is 7.81. The summed E-state index contributed by atoms with van der Waals surface area (Å²) in [7, 11) is -3.86. The van der Waals surface area contributed by atoms with E-state index in [0.717, 1.165) is 6.26 Å². The van der Waals surface area contributed by atoms with Gasteiger partial charge in [-0.1, -0.05) is 49.4 Å². The minimum Gasteiger partial charge on any atom is -0.419 e. The van der Waals surface area contributed by atoms with Gasteiger partial charge in [-0.05, 0) is 69.2 Å². The Morgan fingerprint density at radius 3 is 1.76 bits per heavy atom. The van der Waals surface area contributed by atoms with E-state index in [2.05, 4.69) is 5.32 Å². The van der Waals surface area contributed by atoms with Crippen LogP contribution < -0.4 is 14.8 Å². The van der Waals surface area contributed by atoms with E-state index in [-0.39, 0.29) is 17.0 Å². The third-order valence-corrected chi connectivity index (χ3v) is 5.98. The normalized spacial score (nSPS) is 13.4. The molecule has 0 saturated heterocycles. The molecule has 0 heterocycles. The number of hydrogen-bond donors (Lipinski definition) is 1. The first-order valence-electron chi connectivity index (χ1n) is 12.2. The first-order chi connectivity index (χ1) is 17.9. The maximum absolute atomic E-state index is 12.9. The Hall–Kier alpha value is -3.53. The monoisotopic (exact) mass is 539 g/mol. The molecule has 9 heteroatoms. The summed E-state index contributed by atoms with van der Waals surface area (Å²) < 4.78 is 41.2. The molecule has 3 aromatic carbocycles. The van der Waals surface area contributed by atoms with Crippen LogP contribution in [0, 0.1) is 0 Å². The molecule has 0 saturated carbocycles. The van der Waals surface area contributed by atoms with E-state index in [1.165, 1.54) is 12.1 Å². The highest BCUT2D eigenvalue weighted by atomic mass is 32.2. The molecule has 0 aliphatic carbocycles. The van der Waals surface area contributed by atoms with Crippen molar-refractivity contribution in [3.8, 4) is 11.5 Å². The molecule has 3 aromatic rings. The number of nitrogens with one attached hydrogen (secondary N) is 1. The number of carbonyl (C=O) groups is 2. The Labute approximate surface area is 224 Å². The van der Waals surface area contributed by atoms with Gasteiger partial charge in [-0.2, -0.15) is 8.42 Å². The van der Waals surface area contributed by atoms with Gasteiger partial charge in [0.1, 0.15) is 6.10 Å². The van der Waals surface area contributed by atoms with Crippen molar-refractivity contribution in [1.29, 1.82) is 0 Å². The number of ether oxygens (including phenoxy) is 2. The van der Waals surface area contributed by atoms with Gasteiger partial charge in [0.05, 0.1) is 17.4 Å². The van der Waals surface area contributed by atoms with Crippen LogP contribution in [-0.2, 0) is 14.3 Å². The maximum Gasteiger partial charge on any atom is 0.343 e. The highest BCUT2D eigenvalue weighted by Gasteiger charge is 2.31.